The van der Waals surface area contributed by atoms with E-state index in [1.807, 2.05) is 0 Å². The average molecular weight is 477 g/mol. The zero-order valence-corrected chi connectivity index (χ0v) is 20.2. The molecule has 1 atom stereocenters. The van der Waals surface area contributed by atoms with Gasteiger partial charge in [0.15, 0.2) is 0 Å². The number of carbonyl (C=O) groups is 1. The van der Waals surface area contributed by atoms with E-state index in [2.05, 4.69) is 53.1 Å². The minimum atomic E-state index is -0.765. The molecule has 6 nitrogen and oxygen atoms in total. The Bertz CT molecular complexity index is 1200. The fourth-order valence-electron chi connectivity index (χ4n) is 5.76. The molecule has 2 fully saturated rings. The molecule has 35 heavy (non-hydrogen) atoms. The van der Waals surface area contributed by atoms with Crippen LogP contribution in [0, 0.1) is 12.7 Å². The number of anilines is 1. The van der Waals surface area contributed by atoms with E-state index >= 15 is 0 Å². The van der Waals surface area contributed by atoms with E-state index in [0.29, 0.717) is 19.5 Å². The summed E-state index contributed by atoms with van der Waals surface area (Å²) in [7, 11) is 0. The topological polar surface area (TPSA) is 73.0 Å². The van der Waals surface area contributed by atoms with Crippen LogP contribution in [-0.4, -0.2) is 65.3 Å². The summed E-state index contributed by atoms with van der Waals surface area (Å²) in [5.41, 5.74) is 8.32. The number of rotatable bonds is 6. The lowest BCUT2D eigenvalue weighted by Crippen LogP contribution is -2.56. The summed E-state index contributed by atoms with van der Waals surface area (Å²) in [5, 5.41) is 12.7. The monoisotopic (exact) mass is 476 g/mol. The van der Waals surface area contributed by atoms with E-state index in [-0.39, 0.29) is 24.8 Å². The molecule has 2 aliphatic rings. The molecule has 0 saturated carbocycles. The SMILES string of the molecule is Cc1cccc2cccc(CN3CCC4(CC3)C(=O)N(C[C@H](O)CN)CN4c3ccc(F)cc3)c12. The lowest BCUT2D eigenvalue weighted by atomic mass is 9.85. The van der Waals surface area contributed by atoms with Crippen LogP contribution < -0.4 is 10.6 Å². The van der Waals surface area contributed by atoms with Crippen molar-refractivity contribution in [2.24, 2.45) is 5.73 Å². The third kappa shape index (κ3) is 4.40. The minimum absolute atomic E-state index is 0.0231. The van der Waals surface area contributed by atoms with Crippen LogP contribution in [0.4, 0.5) is 10.1 Å². The van der Waals surface area contributed by atoms with E-state index in [4.69, 9.17) is 5.73 Å². The number of halogens is 1. The molecular formula is C28H33FN4O2. The molecule has 2 heterocycles. The van der Waals surface area contributed by atoms with Crippen molar-refractivity contribution in [3.8, 4) is 0 Å². The molecule has 0 radical (unpaired) electrons. The highest BCUT2D eigenvalue weighted by atomic mass is 19.1. The summed E-state index contributed by atoms with van der Waals surface area (Å²) >= 11 is 0. The van der Waals surface area contributed by atoms with Gasteiger partial charge in [-0.15, -0.1) is 0 Å². The van der Waals surface area contributed by atoms with Crippen molar-refractivity contribution in [3.05, 3.63) is 77.6 Å². The first kappa shape index (κ1) is 23.7. The summed E-state index contributed by atoms with van der Waals surface area (Å²) in [5.74, 6) is -0.279. The maximum atomic E-state index is 13.7. The van der Waals surface area contributed by atoms with Gasteiger partial charge in [0.25, 0.3) is 0 Å². The molecule has 7 heteroatoms. The molecule has 1 spiro atoms. The van der Waals surface area contributed by atoms with Crippen LogP contribution in [0.1, 0.15) is 24.0 Å². The number of hydrogen-bond acceptors (Lipinski definition) is 5. The Hall–Kier alpha value is -3.00. The van der Waals surface area contributed by atoms with Crippen molar-refractivity contribution in [1.29, 1.82) is 0 Å². The molecule has 0 unspecified atom stereocenters. The maximum absolute atomic E-state index is 13.7. The molecule has 0 aromatic heterocycles. The normalized spacial score (nSPS) is 19.1. The first-order valence-electron chi connectivity index (χ1n) is 12.3. The number of nitrogens with two attached hydrogens (primary N) is 1. The number of fused-ring (bicyclic) bond motifs is 1. The standard InChI is InChI=1S/C28H33FN4O2/c1-20-4-2-5-21-6-3-7-22(26(20)21)17-31-14-12-28(13-15-31)27(35)32(18-25(34)16-30)19-33(28)24-10-8-23(29)9-11-24/h2-11,25,34H,12-19,30H2,1H3/t25-/m1/s1. The second-order valence-electron chi connectivity index (χ2n) is 9.86. The van der Waals surface area contributed by atoms with Crippen LogP contribution in [0.2, 0.25) is 0 Å². The van der Waals surface area contributed by atoms with Gasteiger partial charge < -0.3 is 20.6 Å². The summed E-state index contributed by atoms with van der Waals surface area (Å²) in [4.78, 5) is 19.9. The van der Waals surface area contributed by atoms with Gasteiger partial charge in [0.1, 0.15) is 11.4 Å². The summed E-state index contributed by atoms with van der Waals surface area (Å²) in [6.07, 6.45) is 0.573. The highest BCUT2D eigenvalue weighted by molar-refractivity contribution is 5.93. The highest BCUT2D eigenvalue weighted by Crippen LogP contribution is 2.40. The number of aliphatic hydroxyl groups is 1. The lowest BCUT2D eigenvalue weighted by molar-refractivity contribution is -0.134. The number of carbonyl (C=O) groups excluding carboxylic acids is 1. The first-order valence-corrected chi connectivity index (χ1v) is 12.3. The van der Waals surface area contributed by atoms with Crippen molar-refractivity contribution in [2.75, 3.05) is 37.7 Å². The summed E-state index contributed by atoms with van der Waals surface area (Å²) in [6, 6.07) is 19.2. The van der Waals surface area contributed by atoms with Gasteiger partial charge in [0, 0.05) is 38.4 Å². The Labute approximate surface area is 205 Å². The molecule has 0 bridgehead atoms. The van der Waals surface area contributed by atoms with E-state index in [1.54, 1.807) is 17.0 Å². The quantitative estimate of drug-likeness (QED) is 0.572. The molecule has 3 N–H and O–H groups in total. The molecule has 1 amide bonds. The highest BCUT2D eigenvalue weighted by Gasteiger charge is 2.53. The Kier molecular flexibility index (Phi) is 6.49. The van der Waals surface area contributed by atoms with E-state index in [9.17, 15) is 14.3 Å². The number of hydrogen-bond donors (Lipinski definition) is 2. The summed E-state index contributed by atoms with van der Waals surface area (Å²) in [6.45, 7) is 5.21. The van der Waals surface area contributed by atoms with Gasteiger partial charge in [0.2, 0.25) is 5.91 Å². The van der Waals surface area contributed by atoms with Gasteiger partial charge in [-0.2, -0.15) is 0 Å². The third-order valence-corrected chi connectivity index (χ3v) is 7.63. The molecule has 2 aliphatic heterocycles. The number of benzene rings is 3. The number of likely N-dealkylation sites (tertiary alicyclic amines) is 1. The van der Waals surface area contributed by atoms with Crippen molar-refractivity contribution < 1.29 is 14.3 Å². The fraction of sp³-hybridized carbons (Fsp3) is 0.393. The second-order valence-corrected chi connectivity index (χ2v) is 9.86. The molecule has 0 aliphatic carbocycles. The smallest absolute Gasteiger partial charge is 0.250 e. The zero-order valence-electron chi connectivity index (χ0n) is 20.2. The Balaban J connectivity index is 1.38. The number of aryl methyl sites for hydroxylation is 1. The number of β-amino-alcohol motifs (C(OH)–C–C–N with tert-alkyl or cyclic N) is 1. The second kappa shape index (κ2) is 9.57. The molecule has 5 rings (SSSR count). The van der Waals surface area contributed by atoms with E-state index < -0.39 is 11.6 Å². The van der Waals surface area contributed by atoms with Crippen LogP contribution in [-0.2, 0) is 11.3 Å². The lowest BCUT2D eigenvalue weighted by Gasteiger charge is -2.43. The van der Waals surface area contributed by atoms with E-state index in [0.717, 1.165) is 25.3 Å². The number of nitrogens with zero attached hydrogens (tertiary/aromatic N) is 3. The summed E-state index contributed by atoms with van der Waals surface area (Å²) < 4.78 is 13.6. The molecular weight excluding hydrogens is 443 g/mol. The molecule has 3 aromatic carbocycles. The number of piperidine rings is 1. The minimum Gasteiger partial charge on any atom is -0.390 e. The van der Waals surface area contributed by atoms with Crippen molar-refractivity contribution in [1.82, 2.24) is 9.80 Å². The van der Waals surface area contributed by atoms with Crippen molar-refractivity contribution in [3.63, 3.8) is 0 Å². The van der Waals surface area contributed by atoms with Crippen LogP contribution in [0.5, 0.6) is 0 Å². The fourth-order valence-corrected chi connectivity index (χ4v) is 5.76. The van der Waals surface area contributed by atoms with Crippen LogP contribution in [0.3, 0.4) is 0 Å². The predicted octanol–water partition coefficient (Wildman–Crippen LogP) is 3.25. The maximum Gasteiger partial charge on any atom is 0.250 e. The van der Waals surface area contributed by atoms with Crippen molar-refractivity contribution >= 4 is 22.4 Å². The van der Waals surface area contributed by atoms with Gasteiger partial charge in [-0.05, 0) is 65.9 Å². The largest absolute Gasteiger partial charge is 0.390 e. The number of aliphatic hydroxyl groups excluding tert-OH is 1. The van der Waals surface area contributed by atoms with Gasteiger partial charge >= 0.3 is 0 Å². The van der Waals surface area contributed by atoms with E-state index in [1.165, 1.54) is 34.0 Å². The Morgan fingerprint density at radius 2 is 1.74 bits per heavy atom. The van der Waals surface area contributed by atoms with Crippen LogP contribution in [0.15, 0.2) is 60.7 Å². The zero-order chi connectivity index (χ0) is 24.6. The first-order chi connectivity index (χ1) is 16.9. The molecule has 184 valence electrons. The van der Waals surface area contributed by atoms with Gasteiger partial charge in [-0.25, -0.2) is 4.39 Å². The third-order valence-electron chi connectivity index (χ3n) is 7.63. The molecule has 2 saturated heterocycles. The molecule has 3 aromatic rings. The Morgan fingerprint density at radius 3 is 2.43 bits per heavy atom. The average Bonchev–Trinajstić information content (AvgIpc) is 3.12. The van der Waals surface area contributed by atoms with Gasteiger partial charge in [-0.3, -0.25) is 9.69 Å². The van der Waals surface area contributed by atoms with Crippen LogP contribution >= 0.6 is 0 Å². The van der Waals surface area contributed by atoms with Gasteiger partial charge in [0.05, 0.1) is 12.8 Å². The number of amides is 1. The van der Waals surface area contributed by atoms with Crippen LogP contribution in [0.25, 0.3) is 10.8 Å². The predicted molar refractivity (Wildman–Crippen MR) is 136 cm³/mol. The Morgan fingerprint density at radius 1 is 1.06 bits per heavy atom. The van der Waals surface area contributed by atoms with Crippen molar-refractivity contribution in [2.45, 2.75) is 38.0 Å². The van der Waals surface area contributed by atoms with Gasteiger partial charge in [-0.1, -0.05) is 36.4 Å².